The molecule has 0 aliphatic heterocycles. The second-order valence-electron chi connectivity index (χ2n) is 5.95. The first-order chi connectivity index (χ1) is 8.52. The number of nitrogens with zero attached hydrogens (tertiary/aromatic N) is 1. The highest BCUT2D eigenvalue weighted by Gasteiger charge is 2.31. The molecule has 4 heteroatoms. The van der Waals surface area contributed by atoms with Crippen LogP contribution in [0.4, 0.5) is 0 Å². The van der Waals surface area contributed by atoms with Crippen molar-refractivity contribution in [3.8, 4) is 0 Å². The van der Waals surface area contributed by atoms with Crippen LogP contribution in [0.5, 0.6) is 0 Å². The van der Waals surface area contributed by atoms with Crippen molar-refractivity contribution in [2.45, 2.75) is 63.5 Å². The van der Waals surface area contributed by atoms with Crippen LogP contribution in [0.3, 0.4) is 0 Å². The third-order valence-corrected chi connectivity index (χ3v) is 4.96. The molecule has 102 valence electrons. The molecule has 0 saturated heterocycles. The van der Waals surface area contributed by atoms with E-state index in [9.17, 15) is 5.11 Å². The molecule has 2 N–H and O–H groups in total. The summed E-state index contributed by atoms with van der Waals surface area (Å²) in [5, 5.41) is 17.2. The summed E-state index contributed by atoms with van der Waals surface area (Å²) in [5.74, 6) is 0. The van der Waals surface area contributed by atoms with Gasteiger partial charge >= 0.3 is 0 Å². The van der Waals surface area contributed by atoms with E-state index in [1.54, 1.807) is 11.3 Å². The van der Waals surface area contributed by atoms with E-state index in [0.29, 0.717) is 6.54 Å². The van der Waals surface area contributed by atoms with Crippen molar-refractivity contribution in [2.24, 2.45) is 0 Å². The van der Waals surface area contributed by atoms with Crippen LogP contribution >= 0.6 is 11.3 Å². The van der Waals surface area contributed by atoms with Gasteiger partial charge in [-0.15, -0.1) is 11.3 Å². The minimum absolute atomic E-state index is 0.157. The van der Waals surface area contributed by atoms with Crippen molar-refractivity contribution < 1.29 is 5.11 Å². The van der Waals surface area contributed by atoms with Crippen LogP contribution in [-0.4, -0.2) is 22.2 Å². The van der Waals surface area contributed by atoms with Crippen LogP contribution in [0.1, 0.15) is 57.4 Å². The average Bonchev–Trinajstić information content (AvgIpc) is 2.79. The lowest BCUT2D eigenvalue weighted by atomic mass is 9.93. The summed E-state index contributed by atoms with van der Waals surface area (Å²) in [6, 6.07) is 0. The van der Waals surface area contributed by atoms with Crippen molar-refractivity contribution in [2.75, 3.05) is 6.54 Å². The van der Waals surface area contributed by atoms with Gasteiger partial charge in [0.2, 0.25) is 0 Å². The minimum Gasteiger partial charge on any atom is -0.389 e. The van der Waals surface area contributed by atoms with Gasteiger partial charge in [0.25, 0.3) is 0 Å². The standard InChI is InChI=1S/C14H24N2OS/c1-13(2,12-15-9-10-18-12)16-11-14(17)7-5-3-4-6-8-14/h9-10,16-17H,3-8,11H2,1-2H3. The first-order valence-electron chi connectivity index (χ1n) is 6.89. The van der Waals surface area contributed by atoms with Crippen molar-refractivity contribution in [1.29, 1.82) is 0 Å². The van der Waals surface area contributed by atoms with Gasteiger partial charge in [0, 0.05) is 18.1 Å². The zero-order valence-electron chi connectivity index (χ0n) is 11.4. The maximum absolute atomic E-state index is 10.6. The van der Waals surface area contributed by atoms with E-state index >= 15 is 0 Å². The molecule has 0 aromatic carbocycles. The molecule has 0 spiro atoms. The smallest absolute Gasteiger partial charge is 0.112 e. The molecule has 1 fully saturated rings. The Morgan fingerprint density at radius 2 is 2.00 bits per heavy atom. The van der Waals surface area contributed by atoms with Crippen LogP contribution in [0.25, 0.3) is 0 Å². The summed E-state index contributed by atoms with van der Waals surface area (Å²) in [6.45, 7) is 4.93. The minimum atomic E-state index is -0.523. The number of aliphatic hydroxyl groups is 1. The molecule has 18 heavy (non-hydrogen) atoms. The second kappa shape index (κ2) is 5.68. The Labute approximate surface area is 114 Å². The molecule has 0 atom stereocenters. The largest absolute Gasteiger partial charge is 0.389 e. The predicted molar refractivity (Wildman–Crippen MR) is 75.8 cm³/mol. The molecular formula is C14H24N2OS. The van der Waals surface area contributed by atoms with Crippen LogP contribution in [0.15, 0.2) is 11.6 Å². The molecule has 1 aromatic rings. The highest BCUT2D eigenvalue weighted by molar-refractivity contribution is 7.09. The van der Waals surface area contributed by atoms with Crippen LogP contribution < -0.4 is 5.32 Å². The molecule has 1 aliphatic carbocycles. The molecule has 1 heterocycles. The quantitative estimate of drug-likeness (QED) is 0.825. The summed E-state index contributed by atoms with van der Waals surface area (Å²) in [7, 11) is 0. The van der Waals surface area contributed by atoms with Gasteiger partial charge in [0.15, 0.2) is 0 Å². The topological polar surface area (TPSA) is 45.1 Å². The van der Waals surface area contributed by atoms with E-state index in [1.807, 2.05) is 11.6 Å². The molecular weight excluding hydrogens is 244 g/mol. The van der Waals surface area contributed by atoms with Crippen LogP contribution in [0.2, 0.25) is 0 Å². The van der Waals surface area contributed by atoms with E-state index in [-0.39, 0.29) is 5.54 Å². The maximum Gasteiger partial charge on any atom is 0.112 e. The SMILES string of the molecule is CC(C)(NCC1(O)CCCCCC1)c1nccs1. The molecule has 0 amide bonds. The number of rotatable bonds is 4. The van der Waals surface area contributed by atoms with Gasteiger partial charge in [-0.3, -0.25) is 0 Å². The van der Waals surface area contributed by atoms with Gasteiger partial charge in [-0.1, -0.05) is 25.7 Å². The number of nitrogens with one attached hydrogen (secondary N) is 1. The Balaban J connectivity index is 1.93. The third kappa shape index (κ3) is 3.53. The van der Waals surface area contributed by atoms with E-state index in [2.05, 4.69) is 24.1 Å². The Morgan fingerprint density at radius 3 is 2.56 bits per heavy atom. The van der Waals surface area contributed by atoms with E-state index in [4.69, 9.17) is 0 Å². The summed E-state index contributed by atoms with van der Waals surface area (Å²) in [4.78, 5) is 4.37. The summed E-state index contributed by atoms with van der Waals surface area (Å²) in [5.41, 5.74) is -0.679. The monoisotopic (exact) mass is 268 g/mol. The predicted octanol–water partition coefficient (Wildman–Crippen LogP) is 3.05. The molecule has 1 aromatic heterocycles. The van der Waals surface area contributed by atoms with Crippen molar-refractivity contribution in [3.05, 3.63) is 16.6 Å². The normalized spacial score (nSPS) is 20.6. The zero-order chi connectivity index (χ0) is 13.1. The lowest BCUT2D eigenvalue weighted by Gasteiger charge is -2.32. The summed E-state index contributed by atoms with van der Waals surface area (Å²) < 4.78 is 0. The van der Waals surface area contributed by atoms with Gasteiger partial charge < -0.3 is 10.4 Å². The van der Waals surface area contributed by atoms with Crippen LogP contribution in [-0.2, 0) is 5.54 Å². The van der Waals surface area contributed by atoms with E-state index in [0.717, 1.165) is 30.7 Å². The van der Waals surface area contributed by atoms with Crippen molar-refractivity contribution in [3.63, 3.8) is 0 Å². The van der Waals surface area contributed by atoms with E-state index < -0.39 is 5.60 Å². The van der Waals surface area contributed by atoms with Gasteiger partial charge in [-0.05, 0) is 26.7 Å². The fourth-order valence-corrected chi connectivity index (χ4v) is 3.30. The lowest BCUT2D eigenvalue weighted by Crippen LogP contribution is -2.47. The number of aromatic nitrogens is 1. The Bertz CT molecular complexity index is 354. The number of hydrogen-bond acceptors (Lipinski definition) is 4. The second-order valence-corrected chi connectivity index (χ2v) is 6.85. The molecule has 0 radical (unpaired) electrons. The molecule has 3 nitrogen and oxygen atoms in total. The average molecular weight is 268 g/mol. The van der Waals surface area contributed by atoms with Gasteiger partial charge in [-0.25, -0.2) is 4.98 Å². The molecule has 1 aliphatic rings. The Kier molecular flexibility index (Phi) is 4.41. The van der Waals surface area contributed by atoms with Gasteiger partial charge in [-0.2, -0.15) is 0 Å². The van der Waals surface area contributed by atoms with Gasteiger partial charge in [0.05, 0.1) is 11.1 Å². The summed E-state index contributed by atoms with van der Waals surface area (Å²) >= 11 is 1.66. The number of thiazole rings is 1. The first-order valence-corrected chi connectivity index (χ1v) is 7.77. The highest BCUT2D eigenvalue weighted by atomic mass is 32.1. The number of hydrogen-bond donors (Lipinski definition) is 2. The Morgan fingerprint density at radius 1 is 1.33 bits per heavy atom. The fraction of sp³-hybridized carbons (Fsp3) is 0.786. The zero-order valence-corrected chi connectivity index (χ0v) is 12.2. The fourth-order valence-electron chi connectivity index (χ4n) is 2.56. The molecule has 2 rings (SSSR count). The van der Waals surface area contributed by atoms with E-state index in [1.165, 1.54) is 12.8 Å². The summed E-state index contributed by atoms with van der Waals surface area (Å²) in [6.07, 6.45) is 8.51. The third-order valence-electron chi connectivity index (χ3n) is 3.86. The lowest BCUT2D eigenvalue weighted by molar-refractivity contribution is 0.0187. The van der Waals surface area contributed by atoms with Crippen LogP contribution in [0, 0.1) is 0 Å². The van der Waals surface area contributed by atoms with Crippen molar-refractivity contribution >= 4 is 11.3 Å². The molecule has 1 saturated carbocycles. The maximum atomic E-state index is 10.6. The molecule has 0 unspecified atom stereocenters. The molecule has 0 bridgehead atoms. The van der Waals surface area contributed by atoms with Gasteiger partial charge in [0.1, 0.15) is 5.01 Å². The Hall–Kier alpha value is -0.450. The first kappa shape index (κ1) is 14.0. The van der Waals surface area contributed by atoms with Crippen molar-refractivity contribution in [1.82, 2.24) is 10.3 Å². The highest BCUT2D eigenvalue weighted by Crippen LogP contribution is 2.28.